The van der Waals surface area contributed by atoms with Crippen LogP contribution in [0.25, 0.3) is 5.57 Å². The van der Waals surface area contributed by atoms with Crippen LogP contribution in [-0.2, 0) is 6.54 Å². The van der Waals surface area contributed by atoms with Gasteiger partial charge in [0.1, 0.15) is 5.76 Å². The van der Waals surface area contributed by atoms with Gasteiger partial charge in [0, 0.05) is 25.3 Å². The highest BCUT2D eigenvalue weighted by atomic mass is 16.4. The molecular formula is C19H23N7O2. The van der Waals surface area contributed by atoms with Crippen LogP contribution in [0.2, 0.25) is 0 Å². The van der Waals surface area contributed by atoms with E-state index in [9.17, 15) is 4.79 Å². The fourth-order valence-electron chi connectivity index (χ4n) is 2.84. The maximum atomic E-state index is 12.4. The van der Waals surface area contributed by atoms with Crippen molar-refractivity contribution in [1.82, 2.24) is 10.2 Å². The summed E-state index contributed by atoms with van der Waals surface area (Å²) in [5.41, 5.74) is 13.3. The predicted octanol–water partition coefficient (Wildman–Crippen LogP) is 1.50. The summed E-state index contributed by atoms with van der Waals surface area (Å²) in [4.78, 5) is 14.2. The third-order valence-electron chi connectivity index (χ3n) is 4.39. The lowest BCUT2D eigenvalue weighted by molar-refractivity contribution is 0.0996. The van der Waals surface area contributed by atoms with Crippen molar-refractivity contribution < 1.29 is 9.21 Å². The summed E-state index contributed by atoms with van der Waals surface area (Å²) in [5, 5.41) is 20.1. The van der Waals surface area contributed by atoms with E-state index >= 15 is 0 Å². The van der Waals surface area contributed by atoms with Crippen molar-refractivity contribution in [1.29, 1.82) is 10.8 Å². The summed E-state index contributed by atoms with van der Waals surface area (Å²) in [6.07, 6.45) is 2.66. The number of anilines is 1. The molecule has 9 nitrogen and oxygen atoms in total. The molecular weight excluding hydrogens is 358 g/mol. The Morgan fingerprint density at radius 2 is 1.89 bits per heavy atom. The Hall–Kier alpha value is -3.75. The average Bonchev–Trinajstić information content (AvgIpc) is 3.18. The second-order valence-corrected chi connectivity index (χ2v) is 6.39. The molecule has 0 saturated heterocycles. The van der Waals surface area contributed by atoms with Gasteiger partial charge in [0.05, 0.1) is 0 Å². The van der Waals surface area contributed by atoms with Crippen LogP contribution < -0.4 is 22.1 Å². The number of benzene rings is 1. The van der Waals surface area contributed by atoms with Crippen molar-refractivity contribution in [2.24, 2.45) is 11.5 Å². The average molecular weight is 381 g/mol. The zero-order valence-electron chi connectivity index (χ0n) is 15.3. The molecule has 9 heteroatoms. The fraction of sp³-hybridized carbons (Fsp3) is 0.211. The number of hydrogen-bond donors (Lipinski definition) is 6. The summed E-state index contributed by atoms with van der Waals surface area (Å²) < 4.78 is 5.71. The van der Waals surface area contributed by atoms with Crippen LogP contribution in [0.4, 0.5) is 5.69 Å². The van der Waals surface area contributed by atoms with Crippen LogP contribution in [0.15, 0.2) is 46.9 Å². The molecule has 1 aliphatic rings. The van der Waals surface area contributed by atoms with Gasteiger partial charge >= 0.3 is 0 Å². The highest BCUT2D eigenvalue weighted by Crippen LogP contribution is 2.24. The molecule has 8 N–H and O–H groups in total. The minimum atomic E-state index is -0.331. The van der Waals surface area contributed by atoms with Gasteiger partial charge < -0.3 is 31.4 Å². The molecule has 1 amide bonds. The molecule has 2 aromatic rings. The lowest BCUT2D eigenvalue weighted by Gasteiger charge is -2.25. The first-order valence-corrected chi connectivity index (χ1v) is 8.79. The first-order chi connectivity index (χ1) is 13.4. The quantitative estimate of drug-likeness (QED) is 0.340. The van der Waals surface area contributed by atoms with Gasteiger partial charge in [-0.3, -0.25) is 15.6 Å². The van der Waals surface area contributed by atoms with Gasteiger partial charge in [0.25, 0.3) is 5.91 Å². The van der Waals surface area contributed by atoms with Crippen molar-refractivity contribution in [3.05, 3.63) is 59.6 Å². The summed E-state index contributed by atoms with van der Waals surface area (Å²) in [6.45, 7) is 1.65. The van der Waals surface area contributed by atoms with E-state index in [1.807, 2.05) is 18.2 Å². The number of amides is 1. The largest absolute Gasteiger partial charge is 0.451 e. The summed E-state index contributed by atoms with van der Waals surface area (Å²) in [5.74, 6) is 0.514. The molecule has 0 spiro atoms. The van der Waals surface area contributed by atoms with E-state index in [4.69, 9.17) is 26.7 Å². The molecule has 0 unspecified atom stereocenters. The lowest BCUT2D eigenvalue weighted by atomic mass is 10.1. The molecule has 0 atom stereocenters. The van der Waals surface area contributed by atoms with Crippen molar-refractivity contribution in [3.8, 4) is 0 Å². The maximum Gasteiger partial charge on any atom is 0.291 e. The summed E-state index contributed by atoms with van der Waals surface area (Å²) in [7, 11) is 0. The minimum Gasteiger partial charge on any atom is -0.451 e. The Labute approximate surface area is 162 Å². The van der Waals surface area contributed by atoms with Crippen LogP contribution in [0, 0.1) is 10.8 Å². The normalized spacial score (nSPS) is 13.6. The Morgan fingerprint density at radius 1 is 1.14 bits per heavy atom. The number of guanidine groups is 2. The molecule has 1 aromatic heterocycles. The highest BCUT2D eigenvalue weighted by molar-refractivity contribution is 6.02. The topological polar surface area (TPSA) is 157 Å². The van der Waals surface area contributed by atoms with Gasteiger partial charge in [0.2, 0.25) is 0 Å². The molecule has 0 radical (unpaired) electrons. The second kappa shape index (κ2) is 8.30. The Morgan fingerprint density at radius 3 is 2.50 bits per heavy atom. The first kappa shape index (κ1) is 19.0. The second-order valence-electron chi connectivity index (χ2n) is 6.39. The number of nitrogens with one attached hydrogen (secondary N) is 4. The van der Waals surface area contributed by atoms with E-state index in [2.05, 4.69) is 10.6 Å². The van der Waals surface area contributed by atoms with Crippen LogP contribution in [-0.4, -0.2) is 35.8 Å². The monoisotopic (exact) mass is 381 g/mol. The molecule has 2 heterocycles. The number of nitrogens with two attached hydrogens (primary N) is 2. The van der Waals surface area contributed by atoms with Crippen molar-refractivity contribution in [3.63, 3.8) is 0 Å². The smallest absolute Gasteiger partial charge is 0.291 e. The number of carbonyl (C=O) groups excluding carboxylic acids is 1. The minimum absolute atomic E-state index is 0.0536. The van der Waals surface area contributed by atoms with E-state index in [1.54, 1.807) is 29.2 Å². The maximum absolute atomic E-state index is 12.4. The summed E-state index contributed by atoms with van der Waals surface area (Å²) in [6, 6.07) is 10.7. The molecule has 146 valence electrons. The lowest BCUT2D eigenvalue weighted by Crippen LogP contribution is -2.39. The number of rotatable bonds is 5. The standard InChI is InChI=1S/C19H23N7O2/c20-18(21)24-11-12-1-3-14(4-2-12)25-17(27)16-6-5-15(28-16)13-7-9-26(10-8-13)19(22)23/h1-7H,8-11H2,(H3,22,23)(H,25,27)(H4,20,21,24). The van der Waals surface area contributed by atoms with Crippen molar-refractivity contribution in [2.75, 3.05) is 18.4 Å². The number of furan rings is 1. The van der Waals surface area contributed by atoms with E-state index in [1.165, 1.54) is 0 Å². The molecule has 0 fully saturated rings. The number of hydrogen-bond acceptors (Lipinski definition) is 4. The van der Waals surface area contributed by atoms with Crippen LogP contribution in [0.3, 0.4) is 0 Å². The predicted molar refractivity (Wildman–Crippen MR) is 108 cm³/mol. The van der Waals surface area contributed by atoms with Crippen LogP contribution in [0.5, 0.6) is 0 Å². The number of carbonyl (C=O) groups is 1. The Bertz CT molecular complexity index is 915. The van der Waals surface area contributed by atoms with E-state index in [0.717, 1.165) is 11.1 Å². The van der Waals surface area contributed by atoms with Crippen molar-refractivity contribution >= 4 is 29.1 Å². The van der Waals surface area contributed by atoms with Gasteiger partial charge in [-0.05, 0) is 41.8 Å². The highest BCUT2D eigenvalue weighted by Gasteiger charge is 2.18. The Kier molecular flexibility index (Phi) is 5.64. The van der Waals surface area contributed by atoms with E-state index in [0.29, 0.717) is 37.5 Å². The molecule has 28 heavy (non-hydrogen) atoms. The van der Waals surface area contributed by atoms with Crippen molar-refractivity contribution in [2.45, 2.75) is 13.0 Å². The first-order valence-electron chi connectivity index (χ1n) is 8.79. The third kappa shape index (κ3) is 4.70. The zero-order chi connectivity index (χ0) is 20.1. The van der Waals surface area contributed by atoms with Gasteiger partial charge in [0.15, 0.2) is 17.7 Å². The molecule has 0 saturated carbocycles. The fourth-order valence-corrected chi connectivity index (χ4v) is 2.84. The van der Waals surface area contributed by atoms with Gasteiger partial charge in [-0.1, -0.05) is 18.2 Å². The SMILES string of the molecule is N=C(N)NCc1ccc(NC(=O)c2ccc(C3=CCN(C(=N)N)CC3)o2)cc1. The van der Waals surface area contributed by atoms with Gasteiger partial charge in [-0.25, -0.2) is 0 Å². The zero-order valence-corrected chi connectivity index (χ0v) is 15.3. The molecule has 0 aliphatic carbocycles. The van der Waals surface area contributed by atoms with Gasteiger partial charge in [-0.2, -0.15) is 0 Å². The molecule has 0 bridgehead atoms. The summed E-state index contributed by atoms with van der Waals surface area (Å²) >= 11 is 0. The molecule has 1 aliphatic heterocycles. The van der Waals surface area contributed by atoms with Gasteiger partial charge in [-0.15, -0.1) is 0 Å². The van der Waals surface area contributed by atoms with E-state index in [-0.39, 0.29) is 23.6 Å². The Balaban J connectivity index is 1.60. The molecule has 3 rings (SSSR count). The third-order valence-corrected chi connectivity index (χ3v) is 4.39. The number of nitrogens with zero attached hydrogens (tertiary/aromatic N) is 1. The van der Waals surface area contributed by atoms with E-state index < -0.39 is 0 Å². The molecule has 1 aromatic carbocycles. The van der Waals surface area contributed by atoms with Crippen LogP contribution in [0.1, 0.15) is 28.3 Å². The van der Waals surface area contributed by atoms with Crippen LogP contribution >= 0.6 is 0 Å².